The van der Waals surface area contributed by atoms with Crippen LogP contribution in [0.1, 0.15) is 10.4 Å². The van der Waals surface area contributed by atoms with Crippen molar-refractivity contribution in [2.75, 3.05) is 11.8 Å². The fourth-order valence-electron chi connectivity index (χ4n) is 1.88. The number of carbonyl (C=O) groups is 1. The Morgan fingerprint density at radius 3 is 2.27 bits per heavy atom. The van der Waals surface area contributed by atoms with Crippen molar-refractivity contribution in [3.05, 3.63) is 53.1 Å². The van der Waals surface area contributed by atoms with Crippen molar-refractivity contribution in [1.29, 1.82) is 0 Å². The van der Waals surface area contributed by atoms with Gasteiger partial charge in [0.15, 0.2) is 0 Å². The maximum Gasteiger partial charge on any atom is 0.573 e. The van der Waals surface area contributed by atoms with Gasteiger partial charge in [0.05, 0.1) is 22.6 Å². The lowest BCUT2D eigenvalue weighted by atomic mass is 10.2. The molecule has 0 bridgehead atoms. The third kappa shape index (κ3) is 5.02. The van der Waals surface area contributed by atoms with E-state index >= 15 is 0 Å². The Bertz CT molecular complexity index is 914. The molecule has 0 saturated heterocycles. The van der Waals surface area contributed by atoms with Crippen molar-refractivity contribution in [2.24, 2.45) is 0 Å². The molecule has 0 fully saturated rings. The van der Waals surface area contributed by atoms with E-state index in [1.807, 2.05) is 0 Å². The second-order valence-electron chi connectivity index (χ2n) is 4.81. The number of methoxy groups -OCH3 is 1. The third-order valence-corrected chi connectivity index (χ3v) is 4.70. The van der Waals surface area contributed by atoms with E-state index in [1.165, 1.54) is 6.07 Å². The summed E-state index contributed by atoms with van der Waals surface area (Å²) < 4.78 is 71.5. The lowest BCUT2D eigenvalue weighted by Crippen LogP contribution is -2.17. The fourth-order valence-corrected chi connectivity index (χ4v) is 3.16. The maximum absolute atomic E-state index is 12.4. The minimum atomic E-state index is -4.85. The van der Waals surface area contributed by atoms with Crippen LogP contribution in [0.3, 0.4) is 0 Å². The highest BCUT2D eigenvalue weighted by Gasteiger charge is 2.31. The van der Waals surface area contributed by atoms with Gasteiger partial charge >= 0.3 is 12.3 Å². The van der Waals surface area contributed by atoms with Gasteiger partial charge in [-0.05, 0) is 42.5 Å². The molecule has 0 radical (unpaired) electrons. The first-order valence-electron chi connectivity index (χ1n) is 6.78. The highest BCUT2D eigenvalue weighted by Crippen LogP contribution is 2.26. The Balaban J connectivity index is 2.25. The average Bonchev–Trinajstić information content (AvgIpc) is 2.54. The van der Waals surface area contributed by atoms with E-state index in [1.54, 1.807) is 0 Å². The summed E-state index contributed by atoms with van der Waals surface area (Å²) in [5.74, 6) is -1.32. The normalized spacial score (nSPS) is 11.7. The van der Waals surface area contributed by atoms with Crippen molar-refractivity contribution in [3.8, 4) is 5.75 Å². The van der Waals surface area contributed by atoms with E-state index in [4.69, 9.17) is 11.6 Å². The van der Waals surface area contributed by atoms with Crippen molar-refractivity contribution in [3.63, 3.8) is 0 Å². The summed E-state index contributed by atoms with van der Waals surface area (Å²) in [5, 5.41) is 0.00412. The number of hydrogen-bond acceptors (Lipinski definition) is 5. The van der Waals surface area contributed by atoms with Gasteiger partial charge < -0.3 is 9.47 Å². The number of sulfonamides is 1. The number of alkyl halides is 3. The number of rotatable bonds is 5. The van der Waals surface area contributed by atoms with Gasteiger partial charge in [-0.25, -0.2) is 13.2 Å². The second-order valence-corrected chi connectivity index (χ2v) is 6.90. The molecule has 0 unspecified atom stereocenters. The monoisotopic (exact) mass is 409 g/mol. The summed E-state index contributed by atoms with van der Waals surface area (Å²) in [6.07, 6.45) is -4.85. The maximum atomic E-state index is 12.4. The van der Waals surface area contributed by atoms with E-state index in [0.29, 0.717) is 0 Å². The van der Waals surface area contributed by atoms with Crippen molar-refractivity contribution < 1.29 is 35.9 Å². The zero-order valence-electron chi connectivity index (χ0n) is 13.0. The first kappa shape index (κ1) is 19.9. The molecule has 0 saturated carbocycles. The van der Waals surface area contributed by atoms with Crippen molar-refractivity contribution >= 4 is 33.3 Å². The third-order valence-electron chi connectivity index (χ3n) is 2.99. The summed E-state index contributed by atoms with van der Waals surface area (Å²) >= 11 is 5.83. The number of benzene rings is 2. The summed E-state index contributed by atoms with van der Waals surface area (Å²) in [6.45, 7) is 0. The van der Waals surface area contributed by atoms with Gasteiger partial charge in [0.25, 0.3) is 10.0 Å². The zero-order chi connectivity index (χ0) is 19.5. The van der Waals surface area contributed by atoms with E-state index in [9.17, 15) is 26.4 Å². The smallest absolute Gasteiger partial charge is 0.465 e. The van der Waals surface area contributed by atoms with Gasteiger partial charge in [-0.3, -0.25) is 4.72 Å². The number of esters is 1. The lowest BCUT2D eigenvalue weighted by molar-refractivity contribution is -0.274. The van der Waals surface area contributed by atoms with Crippen LogP contribution in [0.5, 0.6) is 5.75 Å². The standard InChI is InChI=1S/C15H11ClF3NO5S/c1-24-14(21)12-8-11(6-7-13(12)16)26(22,23)20-9-2-4-10(5-3-9)25-15(17,18)19/h2-8,20H,1H3. The van der Waals surface area contributed by atoms with Crippen LogP contribution in [0.15, 0.2) is 47.4 Å². The molecule has 0 amide bonds. The summed E-state index contributed by atoms with van der Waals surface area (Å²) in [6, 6.07) is 7.49. The van der Waals surface area contributed by atoms with Crippen LogP contribution in [-0.4, -0.2) is 27.9 Å². The molecule has 0 aromatic heterocycles. The van der Waals surface area contributed by atoms with Crippen LogP contribution in [0.4, 0.5) is 18.9 Å². The van der Waals surface area contributed by atoms with Crippen LogP contribution < -0.4 is 9.46 Å². The van der Waals surface area contributed by atoms with Crippen molar-refractivity contribution in [2.45, 2.75) is 11.3 Å². The van der Waals surface area contributed by atoms with Gasteiger partial charge in [0.1, 0.15) is 5.75 Å². The molecular weight excluding hydrogens is 399 g/mol. The zero-order valence-corrected chi connectivity index (χ0v) is 14.6. The second kappa shape index (κ2) is 7.42. The molecule has 2 aromatic carbocycles. The highest BCUT2D eigenvalue weighted by molar-refractivity contribution is 7.92. The number of ether oxygens (including phenoxy) is 2. The van der Waals surface area contributed by atoms with Crippen LogP contribution in [-0.2, 0) is 14.8 Å². The van der Waals surface area contributed by atoms with E-state index < -0.39 is 28.1 Å². The largest absolute Gasteiger partial charge is 0.573 e. The predicted octanol–water partition coefficient (Wildman–Crippen LogP) is 3.83. The summed E-state index contributed by atoms with van der Waals surface area (Å²) in [7, 11) is -3.01. The first-order chi connectivity index (χ1) is 12.0. The van der Waals surface area contributed by atoms with E-state index in [0.717, 1.165) is 43.5 Å². The van der Waals surface area contributed by atoms with Crippen molar-refractivity contribution in [1.82, 2.24) is 0 Å². The predicted molar refractivity (Wildman–Crippen MR) is 86.7 cm³/mol. The van der Waals surface area contributed by atoms with E-state index in [2.05, 4.69) is 14.2 Å². The van der Waals surface area contributed by atoms with Crippen LogP contribution >= 0.6 is 11.6 Å². The molecule has 0 atom stereocenters. The minimum absolute atomic E-state index is 0.00412. The molecule has 0 aliphatic rings. The van der Waals surface area contributed by atoms with Gasteiger partial charge in [-0.2, -0.15) is 0 Å². The molecule has 140 valence electrons. The molecule has 26 heavy (non-hydrogen) atoms. The van der Waals surface area contributed by atoms with Gasteiger partial charge in [-0.1, -0.05) is 11.6 Å². The Morgan fingerprint density at radius 2 is 1.73 bits per heavy atom. The lowest BCUT2D eigenvalue weighted by Gasteiger charge is -2.12. The molecule has 0 aliphatic carbocycles. The quantitative estimate of drug-likeness (QED) is 0.759. The number of carbonyl (C=O) groups excluding carboxylic acids is 1. The van der Waals surface area contributed by atoms with E-state index in [-0.39, 0.29) is 21.2 Å². The molecule has 11 heteroatoms. The molecule has 2 aromatic rings. The minimum Gasteiger partial charge on any atom is -0.465 e. The number of nitrogens with one attached hydrogen (secondary N) is 1. The van der Waals surface area contributed by atoms with Crippen LogP contribution in [0.2, 0.25) is 5.02 Å². The molecule has 2 rings (SSSR count). The van der Waals surface area contributed by atoms with Gasteiger partial charge in [0.2, 0.25) is 0 Å². The Morgan fingerprint density at radius 1 is 1.12 bits per heavy atom. The Labute approximate surface area is 151 Å². The Hall–Kier alpha value is -2.46. The molecule has 6 nitrogen and oxygen atoms in total. The van der Waals surface area contributed by atoms with Crippen LogP contribution in [0, 0.1) is 0 Å². The molecule has 0 spiro atoms. The number of hydrogen-bond donors (Lipinski definition) is 1. The number of halogens is 4. The topological polar surface area (TPSA) is 81.7 Å². The Kier molecular flexibility index (Phi) is 5.67. The molecular formula is C15H11ClF3NO5S. The average molecular weight is 410 g/mol. The molecule has 1 N–H and O–H groups in total. The van der Waals surface area contributed by atoms with Gasteiger partial charge in [0, 0.05) is 5.69 Å². The first-order valence-corrected chi connectivity index (χ1v) is 8.64. The summed E-state index contributed by atoms with van der Waals surface area (Å²) in [4.78, 5) is 11.3. The van der Waals surface area contributed by atoms with Crippen LogP contribution in [0.25, 0.3) is 0 Å². The van der Waals surface area contributed by atoms with Gasteiger partial charge in [-0.15, -0.1) is 13.2 Å². The molecule has 0 aliphatic heterocycles. The summed E-state index contributed by atoms with van der Waals surface area (Å²) in [5.41, 5.74) is -0.153. The fraction of sp³-hybridized carbons (Fsp3) is 0.133. The molecule has 0 heterocycles. The SMILES string of the molecule is COC(=O)c1cc(S(=O)(=O)Nc2ccc(OC(F)(F)F)cc2)ccc1Cl. The number of anilines is 1. The highest BCUT2D eigenvalue weighted by atomic mass is 35.5.